The molecule has 2 aliphatic carbocycles. The van der Waals surface area contributed by atoms with Gasteiger partial charge in [-0.05, 0) is 44.9 Å². The Balaban J connectivity index is 1.77. The Kier molecular flexibility index (Phi) is 3.29. The molecule has 0 radical (unpaired) electrons. The average Bonchev–Trinajstić information content (AvgIpc) is 3.00. The van der Waals surface area contributed by atoms with Crippen molar-refractivity contribution < 1.29 is 4.79 Å². The van der Waals surface area contributed by atoms with Gasteiger partial charge in [0.1, 0.15) is 0 Å². The van der Waals surface area contributed by atoms with Crippen LogP contribution in [-0.4, -0.2) is 29.4 Å². The highest BCUT2D eigenvalue weighted by Gasteiger charge is 2.36. The molecule has 2 fully saturated rings. The van der Waals surface area contributed by atoms with Crippen LogP contribution in [-0.2, 0) is 4.79 Å². The van der Waals surface area contributed by atoms with Gasteiger partial charge in [-0.1, -0.05) is 0 Å². The number of amides is 1. The lowest BCUT2D eigenvalue weighted by Crippen LogP contribution is -2.35. The van der Waals surface area contributed by atoms with Crippen molar-refractivity contribution in [3.63, 3.8) is 0 Å². The van der Waals surface area contributed by atoms with Crippen molar-refractivity contribution in [2.24, 2.45) is 11.7 Å². The Morgan fingerprint density at radius 3 is 2.53 bits per heavy atom. The smallest absolute Gasteiger partial charge is 0.222 e. The molecule has 3 heteroatoms. The van der Waals surface area contributed by atoms with Crippen LogP contribution in [0.3, 0.4) is 0 Å². The zero-order valence-electron chi connectivity index (χ0n) is 9.61. The van der Waals surface area contributed by atoms with Gasteiger partial charge in [-0.3, -0.25) is 4.79 Å². The van der Waals surface area contributed by atoms with Gasteiger partial charge in [-0.15, -0.1) is 0 Å². The van der Waals surface area contributed by atoms with Gasteiger partial charge in [0.25, 0.3) is 0 Å². The number of nitrogens with zero attached hydrogens (tertiary/aromatic N) is 1. The zero-order valence-corrected chi connectivity index (χ0v) is 9.61. The highest BCUT2D eigenvalue weighted by Crippen LogP contribution is 2.35. The summed E-state index contributed by atoms with van der Waals surface area (Å²) in [4.78, 5) is 14.1. The van der Waals surface area contributed by atoms with Crippen molar-refractivity contribution in [2.75, 3.05) is 6.54 Å². The van der Waals surface area contributed by atoms with Crippen LogP contribution >= 0.6 is 0 Å². The minimum Gasteiger partial charge on any atom is -0.339 e. The maximum Gasteiger partial charge on any atom is 0.222 e. The van der Waals surface area contributed by atoms with E-state index < -0.39 is 0 Å². The fraction of sp³-hybridized carbons (Fsp3) is 0.917. The second-order valence-electron chi connectivity index (χ2n) is 5.24. The van der Waals surface area contributed by atoms with E-state index in [4.69, 9.17) is 5.73 Å². The predicted octanol–water partition coefficient (Wildman–Crippen LogP) is 1.51. The molecule has 2 rings (SSSR count). The second kappa shape index (κ2) is 4.52. The summed E-state index contributed by atoms with van der Waals surface area (Å²) in [5.41, 5.74) is 5.68. The van der Waals surface area contributed by atoms with Crippen LogP contribution in [0.15, 0.2) is 0 Å². The van der Waals surface area contributed by atoms with Crippen LogP contribution in [0.4, 0.5) is 0 Å². The van der Waals surface area contributed by atoms with Crippen molar-refractivity contribution in [2.45, 2.75) is 57.5 Å². The molecule has 0 heterocycles. The van der Waals surface area contributed by atoms with Gasteiger partial charge in [-0.25, -0.2) is 0 Å². The Bertz CT molecular complexity index is 232. The fourth-order valence-corrected chi connectivity index (χ4v) is 1.91. The maximum absolute atomic E-state index is 12.0. The average molecular weight is 210 g/mol. The van der Waals surface area contributed by atoms with Gasteiger partial charge >= 0.3 is 0 Å². The Morgan fingerprint density at radius 1 is 1.40 bits per heavy atom. The Labute approximate surface area is 92.0 Å². The third-order valence-corrected chi connectivity index (χ3v) is 3.27. The zero-order chi connectivity index (χ0) is 10.8. The summed E-state index contributed by atoms with van der Waals surface area (Å²) >= 11 is 0. The molecule has 0 aromatic carbocycles. The molecule has 2 aliphatic rings. The molecule has 0 aromatic heterocycles. The molecule has 0 aliphatic heterocycles. The summed E-state index contributed by atoms with van der Waals surface area (Å²) in [5.74, 6) is 1.14. The molecule has 1 atom stereocenters. The fourth-order valence-electron chi connectivity index (χ4n) is 1.91. The Hall–Kier alpha value is -0.570. The normalized spacial score (nSPS) is 22.5. The van der Waals surface area contributed by atoms with Crippen LogP contribution in [0.5, 0.6) is 0 Å². The lowest BCUT2D eigenvalue weighted by atomic mass is 10.1. The molecule has 86 valence electrons. The monoisotopic (exact) mass is 210 g/mol. The molecule has 0 spiro atoms. The molecular formula is C12H22N2O. The summed E-state index contributed by atoms with van der Waals surface area (Å²) in [6.45, 7) is 2.98. The maximum atomic E-state index is 12.0. The molecule has 3 nitrogen and oxygen atoms in total. The minimum atomic E-state index is 0.149. The highest BCUT2D eigenvalue weighted by molar-refractivity contribution is 5.77. The summed E-state index contributed by atoms with van der Waals surface area (Å²) in [6.07, 6.45) is 6.55. The molecule has 1 unspecified atom stereocenters. The van der Waals surface area contributed by atoms with Gasteiger partial charge in [-0.2, -0.15) is 0 Å². The van der Waals surface area contributed by atoms with Crippen molar-refractivity contribution in [3.05, 3.63) is 0 Å². The summed E-state index contributed by atoms with van der Waals surface area (Å²) in [7, 11) is 0. The van der Waals surface area contributed by atoms with Crippen LogP contribution in [0.2, 0.25) is 0 Å². The highest BCUT2D eigenvalue weighted by atomic mass is 16.2. The van der Waals surface area contributed by atoms with E-state index in [2.05, 4.69) is 4.90 Å². The van der Waals surface area contributed by atoms with E-state index in [0.717, 1.165) is 18.9 Å². The lowest BCUT2D eigenvalue weighted by Gasteiger charge is -2.22. The third-order valence-electron chi connectivity index (χ3n) is 3.27. The van der Waals surface area contributed by atoms with E-state index in [0.29, 0.717) is 18.4 Å². The van der Waals surface area contributed by atoms with Crippen LogP contribution in [0.25, 0.3) is 0 Å². The van der Waals surface area contributed by atoms with E-state index in [1.165, 1.54) is 25.7 Å². The summed E-state index contributed by atoms with van der Waals surface area (Å²) in [6, 6.07) is 0.724. The molecule has 15 heavy (non-hydrogen) atoms. The summed E-state index contributed by atoms with van der Waals surface area (Å²) in [5, 5.41) is 0. The minimum absolute atomic E-state index is 0.149. The number of rotatable bonds is 6. The Morgan fingerprint density at radius 2 is 2.07 bits per heavy atom. The molecular weight excluding hydrogens is 188 g/mol. The first kappa shape index (κ1) is 10.9. The van der Waals surface area contributed by atoms with Gasteiger partial charge in [0.05, 0.1) is 0 Å². The largest absolute Gasteiger partial charge is 0.339 e. The van der Waals surface area contributed by atoms with Crippen LogP contribution < -0.4 is 5.73 Å². The summed E-state index contributed by atoms with van der Waals surface area (Å²) < 4.78 is 0. The van der Waals surface area contributed by atoms with Crippen molar-refractivity contribution >= 4 is 5.91 Å². The van der Waals surface area contributed by atoms with Crippen molar-refractivity contribution in [1.29, 1.82) is 0 Å². The van der Waals surface area contributed by atoms with Crippen LogP contribution in [0.1, 0.15) is 45.4 Å². The standard InChI is InChI=1S/C12H22N2O/c1-9(13)2-7-12(15)14(11-5-6-11)8-10-3-4-10/h9-11H,2-8,13H2,1H3. The van der Waals surface area contributed by atoms with Crippen molar-refractivity contribution in [3.8, 4) is 0 Å². The number of hydrogen-bond acceptors (Lipinski definition) is 2. The van der Waals surface area contributed by atoms with Gasteiger partial charge in [0, 0.05) is 25.0 Å². The van der Waals surface area contributed by atoms with E-state index in [9.17, 15) is 4.79 Å². The van der Waals surface area contributed by atoms with E-state index in [1.807, 2.05) is 6.92 Å². The molecule has 0 bridgehead atoms. The van der Waals surface area contributed by atoms with Gasteiger partial charge in [0.2, 0.25) is 5.91 Å². The number of nitrogens with two attached hydrogens (primary N) is 1. The molecule has 1 amide bonds. The SMILES string of the molecule is CC(N)CCC(=O)N(CC1CC1)C1CC1. The van der Waals surface area contributed by atoms with Crippen molar-refractivity contribution in [1.82, 2.24) is 4.90 Å². The number of carbonyl (C=O) groups excluding carboxylic acids is 1. The third kappa shape index (κ3) is 3.49. The van der Waals surface area contributed by atoms with E-state index >= 15 is 0 Å². The first-order valence-corrected chi connectivity index (χ1v) is 6.22. The van der Waals surface area contributed by atoms with Gasteiger partial charge < -0.3 is 10.6 Å². The lowest BCUT2D eigenvalue weighted by molar-refractivity contribution is -0.132. The first-order chi connectivity index (χ1) is 7.16. The molecule has 2 N–H and O–H groups in total. The van der Waals surface area contributed by atoms with E-state index in [1.54, 1.807) is 0 Å². The predicted molar refractivity (Wildman–Crippen MR) is 60.3 cm³/mol. The second-order valence-corrected chi connectivity index (χ2v) is 5.24. The molecule has 2 saturated carbocycles. The van der Waals surface area contributed by atoms with E-state index in [-0.39, 0.29) is 6.04 Å². The van der Waals surface area contributed by atoms with Crippen LogP contribution in [0, 0.1) is 5.92 Å². The number of carbonyl (C=O) groups is 1. The number of hydrogen-bond donors (Lipinski definition) is 1. The molecule has 0 aromatic rings. The topological polar surface area (TPSA) is 46.3 Å². The van der Waals surface area contributed by atoms with Gasteiger partial charge in [0.15, 0.2) is 0 Å². The molecule has 0 saturated heterocycles. The first-order valence-electron chi connectivity index (χ1n) is 6.22. The quantitative estimate of drug-likeness (QED) is 0.722.